The van der Waals surface area contributed by atoms with E-state index in [0.29, 0.717) is 19.0 Å². The first kappa shape index (κ1) is 17.6. The second kappa shape index (κ2) is 6.55. The number of rotatable bonds is 3. The molecule has 144 valence electrons. The van der Waals surface area contributed by atoms with Gasteiger partial charge < -0.3 is 19.7 Å². The summed E-state index contributed by atoms with van der Waals surface area (Å²) in [5, 5.41) is 11.7. The molecular weight excluding hydrogens is 372 g/mol. The van der Waals surface area contributed by atoms with Gasteiger partial charge >= 0.3 is 0 Å². The number of hydrogen-bond acceptors (Lipinski definition) is 6. The third-order valence-corrected chi connectivity index (χ3v) is 6.51. The van der Waals surface area contributed by atoms with Gasteiger partial charge in [0.25, 0.3) is 0 Å². The minimum Gasteiger partial charge on any atom is -0.385 e. The minimum atomic E-state index is -0.906. The summed E-state index contributed by atoms with van der Waals surface area (Å²) in [6.45, 7) is 6.60. The van der Waals surface area contributed by atoms with Crippen LogP contribution < -0.4 is 4.90 Å². The normalized spacial score (nSPS) is 15.6. The van der Waals surface area contributed by atoms with Crippen LogP contribution in [0.1, 0.15) is 18.7 Å². The number of aromatic nitrogens is 3. The van der Waals surface area contributed by atoms with Crippen LogP contribution in [0.4, 0.5) is 5.82 Å². The number of anilines is 1. The summed E-state index contributed by atoms with van der Waals surface area (Å²) >= 11 is 1.57. The Balaban J connectivity index is 1.70. The lowest BCUT2D eigenvalue weighted by molar-refractivity contribution is 0.0826. The molecule has 1 fully saturated rings. The molecular formula is C21H22N4O2S. The van der Waals surface area contributed by atoms with Gasteiger partial charge in [-0.1, -0.05) is 12.1 Å². The Kier molecular flexibility index (Phi) is 4.12. The highest BCUT2D eigenvalue weighted by Crippen LogP contribution is 2.38. The lowest BCUT2D eigenvalue weighted by Gasteiger charge is -2.28. The topological polar surface area (TPSA) is 74.3 Å². The minimum absolute atomic E-state index is 0.693. The quantitative estimate of drug-likeness (QED) is 0.551. The zero-order chi connectivity index (χ0) is 19.3. The molecule has 0 saturated carbocycles. The summed E-state index contributed by atoms with van der Waals surface area (Å²) in [4.78, 5) is 16.2. The molecule has 4 heterocycles. The molecule has 3 aromatic heterocycles. The third kappa shape index (κ3) is 3.05. The molecule has 7 heteroatoms. The van der Waals surface area contributed by atoms with Gasteiger partial charge in [-0.15, -0.1) is 11.3 Å². The van der Waals surface area contributed by atoms with Crippen LogP contribution in [-0.2, 0) is 10.3 Å². The van der Waals surface area contributed by atoms with Gasteiger partial charge in [0.1, 0.15) is 0 Å². The molecule has 0 aliphatic carbocycles. The highest BCUT2D eigenvalue weighted by molar-refractivity contribution is 7.19. The van der Waals surface area contributed by atoms with Crippen molar-refractivity contribution in [1.29, 1.82) is 0 Å². The average Bonchev–Trinajstić information content (AvgIpc) is 3.33. The van der Waals surface area contributed by atoms with Crippen molar-refractivity contribution in [2.45, 2.75) is 19.4 Å². The number of morpholine rings is 1. The predicted molar refractivity (Wildman–Crippen MR) is 113 cm³/mol. The van der Waals surface area contributed by atoms with Crippen LogP contribution in [0.5, 0.6) is 0 Å². The van der Waals surface area contributed by atoms with Gasteiger partial charge in [0.15, 0.2) is 11.6 Å². The first-order chi connectivity index (χ1) is 13.5. The van der Waals surface area contributed by atoms with Gasteiger partial charge in [-0.05, 0) is 37.4 Å². The van der Waals surface area contributed by atoms with Gasteiger partial charge in [0, 0.05) is 35.2 Å². The van der Waals surface area contributed by atoms with Gasteiger partial charge in [-0.2, -0.15) is 0 Å². The molecule has 2 N–H and O–H groups in total. The van der Waals surface area contributed by atoms with Crippen molar-refractivity contribution >= 4 is 38.3 Å². The fourth-order valence-corrected chi connectivity index (χ4v) is 4.64. The van der Waals surface area contributed by atoms with E-state index in [1.165, 1.54) is 0 Å². The number of H-pyrrole nitrogens is 1. The highest BCUT2D eigenvalue weighted by Gasteiger charge is 2.24. The van der Waals surface area contributed by atoms with Crippen molar-refractivity contribution in [2.75, 3.05) is 31.2 Å². The molecule has 1 saturated heterocycles. The first-order valence-electron chi connectivity index (χ1n) is 9.44. The van der Waals surface area contributed by atoms with Crippen molar-refractivity contribution in [3.63, 3.8) is 0 Å². The molecule has 0 radical (unpaired) electrons. The number of thiophene rings is 1. The zero-order valence-corrected chi connectivity index (χ0v) is 16.7. The van der Waals surface area contributed by atoms with Crippen LogP contribution in [0.2, 0.25) is 0 Å². The number of fused-ring (bicyclic) bond motifs is 2. The maximum atomic E-state index is 10.5. The summed E-state index contributed by atoms with van der Waals surface area (Å²) in [6, 6.07) is 10.3. The van der Waals surface area contributed by atoms with Gasteiger partial charge in [0.05, 0.1) is 29.0 Å². The molecule has 1 aliphatic rings. The van der Waals surface area contributed by atoms with Crippen molar-refractivity contribution in [3.8, 4) is 11.4 Å². The largest absolute Gasteiger partial charge is 0.385 e. The molecule has 0 unspecified atom stereocenters. The van der Waals surface area contributed by atoms with Gasteiger partial charge in [-0.25, -0.2) is 9.97 Å². The summed E-state index contributed by atoms with van der Waals surface area (Å²) in [5.74, 6) is 1.63. The number of ether oxygens (including phenoxy) is 1. The highest BCUT2D eigenvalue weighted by atomic mass is 32.1. The van der Waals surface area contributed by atoms with Crippen molar-refractivity contribution in [1.82, 2.24) is 15.0 Å². The summed E-state index contributed by atoms with van der Waals surface area (Å²) in [5.41, 5.74) is 2.01. The number of aliphatic hydroxyl groups is 1. The molecule has 1 aliphatic heterocycles. The van der Waals surface area contributed by atoms with Gasteiger partial charge in [0.2, 0.25) is 0 Å². The number of aromatic amines is 1. The molecule has 0 atom stereocenters. The molecule has 28 heavy (non-hydrogen) atoms. The van der Waals surface area contributed by atoms with E-state index in [9.17, 15) is 5.11 Å². The van der Waals surface area contributed by atoms with Crippen LogP contribution in [0.25, 0.3) is 32.5 Å². The lowest BCUT2D eigenvalue weighted by Crippen LogP contribution is -2.36. The maximum absolute atomic E-state index is 10.5. The lowest BCUT2D eigenvalue weighted by atomic mass is 10.1. The van der Waals surface area contributed by atoms with Crippen LogP contribution >= 0.6 is 11.3 Å². The van der Waals surface area contributed by atoms with Crippen molar-refractivity contribution in [3.05, 3.63) is 41.4 Å². The molecule has 0 amide bonds. The fourth-order valence-electron chi connectivity index (χ4n) is 3.52. The second-order valence-corrected chi connectivity index (χ2v) is 8.69. The SMILES string of the molecule is CC(C)(O)c1cc2nc(-c3ccc4cc[nH]c4c3)nc(N3CCOCC3)c2s1. The Morgan fingerprint density at radius 1 is 1.14 bits per heavy atom. The molecule has 5 rings (SSSR count). The van der Waals surface area contributed by atoms with E-state index < -0.39 is 5.60 Å². The molecule has 0 spiro atoms. The molecule has 1 aromatic carbocycles. The Morgan fingerprint density at radius 3 is 2.75 bits per heavy atom. The average molecular weight is 395 g/mol. The zero-order valence-electron chi connectivity index (χ0n) is 15.9. The molecule has 6 nitrogen and oxygen atoms in total. The summed E-state index contributed by atoms with van der Waals surface area (Å²) in [6.07, 6.45) is 1.94. The number of benzene rings is 1. The standard InChI is InChI=1S/C21H22N4O2S/c1-21(2,26)17-12-16-18(28-17)20(25-7-9-27-10-8-25)24-19(23-16)14-4-3-13-5-6-22-15(13)11-14/h3-6,11-12,22,26H,7-10H2,1-2H3. The van der Waals surface area contributed by atoms with E-state index >= 15 is 0 Å². The summed E-state index contributed by atoms with van der Waals surface area (Å²) in [7, 11) is 0. The van der Waals surface area contributed by atoms with Crippen LogP contribution in [0, 0.1) is 0 Å². The van der Waals surface area contributed by atoms with Crippen molar-refractivity contribution < 1.29 is 9.84 Å². The van der Waals surface area contributed by atoms with Crippen LogP contribution in [0.3, 0.4) is 0 Å². The first-order valence-corrected chi connectivity index (χ1v) is 10.3. The van der Waals surface area contributed by atoms with Gasteiger partial charge in [-0.3, -0.25) is 0 Å². The number of hydrogen-bond donors (Lipinski definition) is 2. The van der Waals surface area contributed by atoms with Crippen LogP contribution in [-0.4, -0.2) is 46.4 Å². The van der Waals surface area contributed by atoms with Crippen LogP contribution in [0.15, 0.2) is 36.5 Å². The predicted octanol–water partition coefficient (Wildman–Crippen LogP) is 3.90. The summed E-state index contributed by atoms with van der Waals surface area (Å²) < 4.78 is 6.54. The molecule has 4 aromatic rings. The van der Waals surface area contributed by atoms with E-state index in [4.69, 9.17) is 14.7 Å². The Morgan fingerprint density at radius 2 is 1.96 bits per heavy atom. The maximum Gasteiger partial charge on any atom is 0.162 e. The van der Waals surface area contributed by atoms with Crippen molar-refractivity contribution in [2.24, 2.45) is 0 Å². The van der Waals surface area contributed by atoms with E-state index in [2.05, 4.69) is 34.1 Å². The smallest absolute Gasteiger partial charge is 0.162 e. The van der Waals surface area contributed by atoms with E-state index in [1.807, 2.05) is 12.3 Å². The number of nitrogens with zero attached hydrogens (tertiary/aromatic N) is 3. The fraction of sp³-hybridized carbons (Fsp3) is 0.333. The monoisotopic (exact) mass is 394 g/mol. The van der Waals surface area contributed by atoms with E-state index in [0.717, 1.165) is 50.5 Å². The number of nitrogens with one attached hydrogen (secondary N) is 1. The van der Waals surface area contributed by atoms with E-state index in [-0.39, 0.29) is 0 Å². The second-order valence-electron chi connectivity index (χ2n) is 7.63. The van der Waals surface area contributed by atoms with E-state index in [1.54, 1.807) is 25.2 Å². The Labute approximate surface area is 166 Å². The Bertz CT molecular complexity index is 1150. The third-order valence-electron chi connectivity index (χ3n) is 5.08. The molecule has 0 bridgehead atoms. The Hall–Kier alpha value is -2.48.